The molecule has 2 heterocycles. The van der Waals surface area contributed by atoms with E-state index in [1.807, 2.05) is 24.3 Å². The molecule has 10 rings (SSSR count). The lowest BCUT2D eigenvalue weighted by Crippen LogP contribution is -2.21. The van der Waals surface area contributed by atoms with Gasteiger partial charge in [0.05, 0.1) is 51.3 Å². The average molecular weight is 800 g/mol. The molecule has 284 valence electrons. The fraction of sp³-hybridized carbons (Fsp3) is 0.140. The van der Waals surface area contributed by atoms with Crippen molar-refractivity contribution >= 4 is 57.6 Å². The second kappa shape index (κ2) is 14.8. The number of halogens is 3. The number of benzene rings is 7. The Hall–Kier alpha value is -5.88. The van der Waals surface area contributed by atoms with Crippen molar-refractivity contribution in [1.29, 1.82) is 5.26 Å². The highest BCUT2D eigenvalue weighted by Gasteiger charge is 2.37. The molecule has 3 aliphatic rings. The molecule has 1 aliphatic carbocycles. The highest BCUT2D eigenvalue weighted by atomic mass is 32.2. The molecule has 2 aliphatic heterocycles. The van der Waals surface area contributed by atoms with E-state index in [9.17, 15) is 18.4 Å². The molecule has 0 radical (unpaired) electrons. The minimum Gasteiger partial charge on any atom is -0.308 e. The van der Waals surface area contributed by atoms with Crippen molar-refractivity contribution in [2.24, 2.45) is 0 Å². The first-order valence-corrected chi connectivity index (χ1v) is 21.2. The van der Waals surface area contributed by atoms with Crippen LogP contribution in [0.2, 0.25) is 0 Å². The van der Waals surface area contributed by atoms with Gasteiger partial charge >= 0.3 is 6.18 Å². The normalized spacial score (nSPS) is 14.9. The van der Waals surface area contributed by atoms with Gasteiger partial charge in [0.1, 0.15) is 0 Å². The molecule has 0 spiro atoms. The van der Waals surface area contributed by atoms with E-state index in [1.165, 1.54) is 12.1 Å². The second-order valence-electron chi connectivity index (χ2n) is 14.9. The van der Waals surface area contributed by atoms with Crippen molar-refractivity contribution in [2.75, 3.05) is 9.80 Å². The lowest BCUT2D eigenvalue weighted by atomic mass is 9.75. The highest BCUT2D eigenvalue weighted by molar-refractivity contribution is 8.00. The molecule has 7 aromatic carbocycles. The smallest absolute Gasteiger partial charge is 0.308 e. The van der Waals surface area contributed by atoms with E-state index in [0.29, 0.717) is 5.56 Å². The van der Waals surface area contributed by atoms with Crippen LogP contribution in [0, 0.1) is 11.3 Å². The molecule has 58 heavy (non-hydrogen) atoms. The molecule has 0 N–H and O–H groups in total. The Morgan fingerprint density at radius 1 is 0.500 bits per heavy atom. The summed E-state index contributed by atoms with van der Waals surface area (Å²) in [6, 6.07) is 52.0. The zero-order chi connectivity index (χ0) is 39.4. The monoisotopic (exact) mass is 799 g/mol. The molecule has 0 saturated heterocycles. The van der Waals surface area contributed by atoms with Crippen LogP contribution in [0.25, 0.3) is 22.3 Å². The van der Waals surface area contributed by atoms with Gasteiger partial charge in [-0.05, 0) is 114 Å². The summed E-state index contributed by atoms with van der Waals surface area (Å²) >= 11 is 3.48. The summed E-state index contributed by atoms with van der Waals surface area (Å²) in [5.41, 5.74) is 10.7. The number of nitriles is 1. The number of para-hydroxylation sites is 4. The highest BCUT2D eigenvalue weighted by Crippen LogP contribution is 2.61. The zero-order valence-electron chi connectivity index (χ0n) is 31.3. The molecule has 0 aromatic heterocycles. The summed E-state index contributed by atoms with van der Waals surface area (Å²) in [6.07, 6.45) is 0.680. The van der Waals surface area contributed by atoms with E-state index in [4.69, 9.17) is 0 Å². The molecule has 1 saturated carbocycles. The Bertz CT molecular complexity index is 2640. The summed E-state index contributed by atoms with van der Waals surface area (Å²) in [7, 11) is 0. The predicted octanol–water partition coefficient (Wildman–Crippen LogP) is 15.8. The molecule has 0 amide bonds. The van der Waals surface area contributed by atoms with Gasteiger partial charge in [0.15, 0.2) is 0 Å². The lowest BCUT2D eigenvalue weighted by molar-refractivity contribution is -0.137. The Morgan fingerprint density at radius 3 is 1.29 bits per heavy atom. The Kier molecular flexibility index (Phi) is 9.31. The minimum absolute atomic E-state index is 0.115. The first kappa shape index (κ1) is 36.5. The van der Waals surface area contributed by atoms with Crippen LogP contribution in [-0.4, -0.2) is 0 Å². The maximum Gasteiger partial charge on any atom is 0.416 e. The van der Waals surface area contributed by atoms with Crippen molar-refractivity contribution in [3.05, 3.63) is 168 Å². The number of alkyl halides is 3. The van der Waals surface area contributed by atoms with E-state index in [2.05, 4.69) is 119 Å². The van der Waals surface area contributed by atoms with E-state index in [-0.39, 0.29) is 5.92 Å². The van der Waals surface area contributed by atoms with Gasteiger partial charge in [-0.25, -0.2) is 0 Å². The fourth-order valence-electron chi connectivity index (χ4n) is 8.90. The summed E-state index contributed by atoms with van der Waals surface area (Å²) in [6.45, 7) is 0. The van der Waals surface area contributed by atoms with Gasteiger partial charge in [0.2, 0.25) is 0 Å². The summed E-state index contributed by atoms with van der Waals surface area (Å²) in [4.78, 5) is 9.18. The Morgan fingerprint density at radius 2 is 0.897 bits per heavy atom. The van der Waals surface area contributed by atoms with Crippen molar-refractivity contribution in [2.45, 2.75) is 63.8 Å². The van der Waals surface area contributed by atoms with Gasteiger partial charge in [-0.2, -0.15) is 18.4 Å². The van der Waals surface area contributed by atoms with Crippen molar-refractivity contribution in [3.8, 4) is 28.3 Å². The van der Waals surface area contributed by atoms with Gasteiger partial charge in [-0.3, -0.25) is 0 Å². The van der Waals surface area contributed by atoms with Gasteiger partial charge in [0.25, 0.3) is 0 Å². The van der Waals surface area contributed by atoms with Gasteiger partial charge in [-0.1, -0.05) is 116 Å². The minimum atomic E-state index is -4.47. The number of fused-ring (bicyclic) bond motifs is 4. The predicted molar refractivity (Wildman–Crippen MR) is 230 cm³/mol. The maximum atomic E-state index is 14.2. The maximum absolute atomic E-state index is 14.2. The third kappa shape index (κ3) is 6.34. The Balaban J connectivity index is 1.39. The topological polar surface area (TPSA) is 30.3 Å². The van der Waals surface area contributed by atoms with Crippen LogP contribution in [0.5, 0.6) is 0 Å². The van der Waals surface area contributed by atoms with Crippen molar-refractivity contribution < 1.29 is 13.2 Å². The van der Waals surface area contributed by atoms with Crippen molar-refractivity contribution in [3.63, 3.8) is 0 Å². The molecular weight excluding hydrogens is 764 g/mol. The summed E-state index contributed by atoms with van der Waals surface area (Å²) in [5.74, 6) is 0.115. The quantitative estimate of drug-likeness (QED) is 0.173. The second-order valence-corrected chi connectivity index (χ2v) is 17.1. The molecule has 3 nitrogen and oxygen atoms in total. The first-order chi connectivity index (χ1) is 28.4. The summed E-state index contributed by atoms with van der Waals surface area (Å²) in [5, 5.41) is 9.90. The Labute approximate surface area is 344 Å². The number of rotatable bonds is 5. The standard InChI is InChI=1S/C50H36F3N3S2/c51-50(52,53)36-28-26-35(27-29-36)48-42(56-39-16-6-10-20-45(39)58-46-21-11-7-17-40(46)56)30-41(55-37-14-4-8-18-43(37)57-44-19-9-5-15-38(44)55)47(34-24-22-32(31-54)23-25-34)49(48)33-12-2-1-3-13-33/h4-11,14-30,33H,1-3,12-13H2. The molecule has 0 atom stereocenters. The van der Waals surface area contributed by atoms with E-state index < -0.39 is 11.7 Å². The average Bonchev–Trinajstić information content (AvgIpc) is 3.27. The van der Waals surface area contributed by atoms with Crippen LogP contribution < -0.4 is 9.80 Å². The van der Waals surface area contributed by atoms with Gasteiger partial charge in [0, 0.05) is 30.7 Å². The third-order valence-electron chi connectivity index (χ3n) is 11.5. The molecule has 8 heteroatoms. The first-order valence-electron chi connectivity index (χ1n) is 19.6. The third-order valence-corrected chi connectivity index (χ3v) is 13.7. The molecular formula is C50H36F3N3S2. The molecule has 0 unspecified atom stereocenters. The zero-order valence-corrected chi connectivity index (χ0v) is 33.0. The lowest BCUT2D eigenvalue weighted by Gasteiger charge is -2.40. The van der Waals surface area contributed by atoms with Crippen LogP contribution in [0.3, 0.4) is 0 Å². The van der Waals surface area contributed by atoms with E-state index in [0.717, 1.165) is 114 Å². The molecule has 1 fully saturated rings. The van der Waals surface area contributed by atoms with Crippen LogP contribution in [0.4, 0.5) is 47.3 Å². The van der Waals surface area contributed by atoms with Crippen molar-refractivity contribution in [1.82, 2.24) is 0 Å². The largest absolute Gasteiger partial charge is 0.416 e. The van der Waals surface area contributed by atoms with Crippen LogP contribution in [0.1, 0.15) is 54.7 Å². The van der Waals surface area contributed by atoms with E-state index >= 15 is 0 Å². The van der Waals surface area contributed by atoms with Gasteiger partial charge < -0.3 is 9.80 Å². The van der Waals surface area contributed by atoms with Crippen LogP contribution in [0.15, 0.2) is 171 Å². The summed E-state index contributed by atoms with van der Waals surface area (Å²) < 4.78 is 42.6. The SMILES string of the molecule is N#Cc1ccc(-c2c(N3c4ccccc4Sc4ccccc43)cc(N3c4ccccc4Sc4ccccc43)c(-c3ccc(C(F)(F)F)cc3)c2C2CCCCC2)cc1. The molecule has 7 aromatic rings. The fourth-order valence-corrected chi connectivity index (χ4v) is 11.0. The number of nitrogens with zero attached hydrogens (tertiary/aromatic N) is 3. The van der Waals surface area contributed by atoms with Crippen LogP contribution >= 0.6 is 23.5 Å². The van der Waals surface area contributed by atoms with E-state index in [1.54, 1.807) is 35.7 Å². The molecule has 0 bridgehead atoms. The van der Waals surface area contributed by atoms with Crippen LogP contribution in [-0.2, 0) is 6.18 Å². The van der Waals surface area contributed by atoms with Gasteiger partial charge in [-0.15, -0.1) is 0 Å². The number of anilines is 6. The number of hydrogen-bond donors (Lipinski definition) is 0. The number of hydrogen-bond acceptors (Lipinski definition) is 5.